The van der Waals surface area contributed by atoms with Gasteiger partial charge in [0.15, 0.2) is 0 Å². The van der Waals surface area contributed by atoms with Crippen LogP contribution >= 0.6 is 23.2 Å². The number of hydrogen-bond acceptors (Lipinski definition) is 4. The molecular formula is C4H10Cl2N2O4S2. The first-order valence-corrected chi connectivity index (χ1v) is 7.77. The highest BCUT2D eigenvalue weighted by molar-refractivity contribution is 7.91. The van der Waals surface area contributed by atoms with Crippen molar-refractivity contribution >= 4 is 43.2 Å². The smallest absolute Gasteiger partial charge is 0.213 e. The van der Waals surface area contributed by atoms with Gasteiger partial charge in [0.25, 0.3) is 0 Å². The summed E-state index contributed by atoms with van der Waals surface area (Å²) >= 11 is 10.2. The molecule has 0 aromatic heterocycles. The fourth-order valence-corrected chi connectivity index (χ4v) is 1.93. The maximum atomic E-state index is 10.7. The Morgan fingerprint density at radius 2 is 1.07 bits per heavy atom. The molecule has 0 aromatic carbocycles. The van der Waals surface area contributed by atoms with Crippen LogP contribution in [0, 0.1) is 0 Å². The van der Waals surface area contributed by atoms with Gasteiger partial charge in [-0.05, 0) is 0 Å². The van der Waals surface area contributed by atoms with Gasteiger partial charge in [0.2, 0.25) is 20.0 Å². The predicted molar refractivity (Wildman–Crippen MR) is 55.3 cm³/mol. The van der Waals surface area contributed by atoms with E-state index < -0.39 is 30.5 Å². The molecule has 0 fully saturated rings. The maximum absolute atomic E-state index is 10.7. The van der Waals surface area contributed by atoms with Gasteiger partial charge in [0.1, 0.15) is 10.4 Å². The average molecular weight is 285 g/mol. The molecule has 0 unspecified atom stereocenters. The summed E-state index contributed by atoms with van der Waals surface area (Å²) in [5.74, 6) is 0. The summed E-state index contributed by atoms with van der Waals surface area (Å²) in [5.41, 5.74) is 0. The molecule has 0 rings (SSSR count). The van der Waals surface area contributed by atoms with Gasteiger partial charge < -0.3 is 0 Å². The molecule has 0 saturated carbocycles. The lowest BCUT2D eigenvalue weighted by Crippen LogP contribution is -2.35. The lowest BCUT2D eigenvalue weighted by Gasteiger charge is -2.04. The Labute approximate surface area is 93.1 Å². The van der Waals surface area contributed by atoms with Crippen molar-refractivity contribution < 1.29 is 16.8 Å². The summed E-state index contributed by atoms with van der Waals surface area (Å²) in [5, 5.41) is -1.12. The van der Waals surface area contributed by atoms with Crippen LogP contribution in [0.1, 0.15) is 0 Å². The number of nitrogens with one attached hydrogen (secondary N) is 2. The van der Waals surface area contributed by atoms with Crippen LogP contribution in [0.3, 0.4) is 0 Å². The van der Waals surface area contributed by atoms with Crippen molar-refractivity contribution in [3.63, 3.8) is 0 Å². The highest BCUT2D eigenvalue weighted by Gasteiger charge is 2.09. The van der Waals surface area contributed by atoms with Gasteiger partial charge in [-0.1, -0.05) is 0 Å². The van der Waals surface area contributed by atoms with Crippen LogP contribution in [0.25, 0.3) is 0 Å². The molecule has 10 heteroatoms. The summed E-state index contributed by atoms with van der Waals surface area (Å²) in [4.78, 5) is 0. The average Bonchev–Trinajstić information content (AvgIpc) is 2.13. The standard InChI is InChI=1S/C4H10Cl2N2O4S2/c5-3-13(9,10)7-1-2-8-14(11,12)4-6/h7-8H,1-4H2. The number of alkyl halides is 2. The zero-order chi connectivity index (χ0) is 11.2. The van der Waals surface area contributed by atoms with Crippen molar-refractivity contribution in [3.05, 3.63) is 0 Å². The van der Waals surface area contributed by atoms with Gasteiger partial charge in [-0.3, -0.25) is 0 Å². The lowest BCUT2D eigenvalue weighted by atomic mass is 10.7. The van der Waals surface area contributed by atoms with E-state index in [1.807, 2.05) is 0 Å². The van der Waals surface area contributed by atoms with Crippen LogP contribution in [-0.2, 0) is 20.0 Å². The molecule has 86 valence electrons. The van der Waals surface area contributed by atoms with Crippen LogP contribution in [0.15, 0.2) is 0 Å². The van der Waals surface area contributed by atoms with E-state index in [2.05, 4.69) is 9.44 Å². The fraction of sp³-hybridized carbons (Fsp3) is 1.00. The molecule has 0 amide bonds. The van der Waals surface area contributed by atoms with Gasteiger partial charge >= 0.3 is 0 Å². The van der Waals surface area contributed by atoms with E-state index in [-0.39, 0.29) is 13.1 Å². The highest BCUT2D eigenvalue weighted by atomic mass is 35.5. The first-order chi connectivity index (χ1) is 6.33. The number of halogens is 2. The fourth-order valence-electron chi connectivity index (χ4n) is 0.490. The summed E-state index contributed by atoms with van der Waals surface area (Å²) in [7, 11) is -6.99. The third kappa shape index (κ3) is 6.80. The second kappa shape index (κ2) is 6.09. The molecule has 0 radical (unpaired) electrons. The summed E-state index contributed by atoms with van der Waals surface area (Å²) in [6, 6.07) is 0. The van der Waals surface area contributed by atoms with Gasteiger partial charge in [-0.25, -0.2) is 26.3 Å². The molecule has 0 spiro atoms. The second-order valence-electron chi connectivity index (χ2n) is 2.24. The van der Waals surface area contributed by atoms with Crippen molar-refractivity contribution in [2.75, 3.05) is 23.5 Å². The number of sulfonamides is 2. The molecule has 0 aromatic rings. The summed E-state index contributed by atoms with van der Waals surface area (Å²) < 4.78 is 47.1. The minimum Gasteiger partial charge on any atom is -0.213 e. The van der Waals surface area contributed by atoms with E-state index in [0.29, 0.717) is 0 Å². The molecule has 0 atom stereocenters. The monoisotopic (exact) mass is 284 g/mol. The molecule has 6 nitrogen and oxygen atoms in total. The Balaban J connectivity index is 3.79. The van der Waals surface area contributed by atoms with E-state index in [0.717, 1.165) is 0 Å². The zero-order valence-electron chi connectivity index (χ0n) is 7.03. The summed E-state index contributed by atoms with van der Waals surface area (Å²) in [6.07, 6.45) is 0. The van der Waals surface area contributed by atoms with E-state index in [1.54, 1.807) is 0 Å². The van der Waals surface area contributed by atoms with Crippen molar-refractivity contribution in [1.29, 1.82) is 0 Å². The third-order valence-corrected chi connectivity index (χ3v) is 4.64. The van der Waals surface area contributed by atoms with Crippen molar-refractivity contribution in [3.8, 4) is 0 Å². The molecule has 14 heavy (non-hydrogen) atoms. The molecule has 0 bridgehead atoms. The van der Waals surface area contributed by atoms with Gasteiger partial charge in [-0.15, -0.1) is 23.2 Å². The van der Waals surface area contributed by atoms with Crippen molar-refractivity contribution in [1.82, 2.24) is 9.44 Å². The molecule has 2 N–H and O–H groups in total. The van der Waals surface area contributed by atoms with Gasteiger partial charge in [-0.2, -0.15) is 0 Å². The highest BCUT2D eigenvalue weighted by Crippen LogP contribution is 1.88. The van der Waals surface area contributed by atoms with Crippen LogP contribution in [0.4, 0.5) is 0 Å². The van der Waals surface area contributed by atoms with Crippen molar-refractivity contribution in [2.45, 2.75) is 0 Å². The first-order valence-electron chi connectivity index (χ1n) is 3.39. The van der Waals surface area contributed by atoms with Crippen LogP contribution in [-0.4, -0.2) is 40.3 Å². The van der Waals surface area contributed by atoms with E-state index in [9.17, 15) is 16.8 Å². The maximum Gasteiger partial charge on any atom is 0.225 e. The largest absolute Gasteiger partial charge is 0.225 e. The molecule has 0 aliphatic carbocycles. The zero-order valence-corrected chi connectivity index (χ0v) is 10.2. The van der Waals surface area contributed by atoms with Crippen molar-refractivity contribution in [2.24, 2.45) is 0 Å². The Kier molecular flexibility index (Phi) is 6.26. The van der Waals surface area contributed by atoms with Gasteiger partial charge in [0.05, 0.1) is 0 Å². The topological polar surface area (TPSA) is 92.3 Å². The number of hydrogen-bond donors (Lipinski definition) is 2. The van der Waals surface area contributed by atoms with E-state index in [4.69, 9.17) is 23.2 Å². The lowest BCUT2D eigenvalue weighted by molar-refractivity contribution is 0.575. The summed E-state index contributed by atoms with van der Waals surface area (Å²) in [6.45, 7) is -0.129. The minimum atomic E-state index is -3.50. The Morgan fingerprint density at radius 3 is 1.29 bits per heavy atom. The van der Waals surface area contributed by atoms with E-state index in [1.165, 1.54) is 0 Å². The van der Waals surface area contributed by atoms with Crippen LogP contribution < -0.4 is 9.44 Å². The van der Waals surface area contributed by atoms with Gasteiger partial charge in [0, 0.05) is 13.1 Å². The SMILES string of the molecule is O=S(=O)(CCl)NCCNS(=O)(=O)CCl. The van der Waals surface area contributed by atoms with Crippen LogP contribution in [0.2, 0.25) is 0 Å². The Bertz CT molecular complexity index is 316. The normalized spacial score (nSPS) is 13.0. The molecular weight excluding hydrogens is 275 g/mol. The molecule has 0 aliphatic heterocycles. The molecule has 0 heterocycles. The van der Waals surface area contributed by atoms with Crippen LogP contribution in [0.5, 0.6) is 0 Å². The first kappa shape index (κ1) is 14.4. The van der Waals surface area contributed by atoms with E-state index >= 15 is 0 Å². The Hall–Kier alpha value is 0.400. The molecule has 0 aliphatic rings. The minimum absolute atomic E-state index is 0.0643. The molecule has 0 saturated heterocycles. The third-order valence-electron chi connectivity index (χ3n) is 1.06. The number of rotatable bonds is 7. The Morgan fingerprint density at radius 1 is 0.786 bits per heavy atom. The quantitative estimate of drug-likeness (QED) is 0.474. The predicted octanol–water partition coefficient (Wildman–Crippen LogP) is -0.782. The second-order valence-corrected chi connectivity index (χ2v) is 7.02.